The lowest BCUT2D eigenvalue weighted by Crippen LogP contribution is -2.25. The van der Waals surface area contributed by atoms with E-state index in [9.17, 15) is 4.55 Å². The largest absolute Gasteiger partial charge is 0.591 e. The van der Waals surface area contributed by atoms with Crippen molar-refractivity contribution in [3.63, 3.8) is 0 Å². The zero-order valence-corrected chi connectivity index (χ0v) is 9.61. The summed E-state index contributed by atoms with van der Waals surface area (Å²) in [6.07, 6.45) is 1.66. The standard InChI is InChI=1S/C9H13NOS2/c1-9(2,3)13(11)10-6-8-4-5-12-7-8/h4-7H,1-3H3/b10-6-. The van der Waals surface area contributed by atoms with Crippen molar-refractivity contribution in [2.45, 2.75) is 25.5 Å². The Kier molecular flexibility index (Phi) is 3.53. The van der Waals surface area contributed by atoms with Gasteiger partial charge in [0.2, 0.25) is 0 Å². The van der Waals surface area contributed by atoms with Gasteiger partial charge in [-0.25, -0.2) is 0 Å². The minimum absolute atomic E-state index is 0.271. The first-order valence-electron chi connectivity index (χ1n) is 3.98. The van der Waals surface area contributed by atoms with Crippen LogP contribution < -0.4 is 0 Å². The summed E-state index contributed by atoms with van der Waals surface area (Å²) in [5.41, 5.74) is 1.02. The molecule has 1 aromatic heterocycles. The van der Waals surface area contributed by atoms with Gasteiger partial charge in [0.25, 0.3) is 0 Å². The average Bonchev–Trinajstić information content (AvgIpc) is 2.50. The highest BCUT2D eigenvalue weighted by molar-refractivity contribution is 7.91. The van der Waals surface area contributed by atoms with E-state index < -0.39 is 11.4 Å². The lowest BCUT2D eigenvalue weighted by Gasteiger charge is -2.17. The average molecular weight is 215 g/mol. The fourth-order valence-electron chi connectivity index (χ4n) is 0.615. The van der Waals surface area contributed by atoms with Gasteiger partial charge in [-0.3, -0.25) is 0 Å². The number of thiophene rings is 1. The van der Waals surface area contributed by atoms with Gasteiger partial charge in [0, 0.05) is 5.56 Å². The van der Waals surface area contributed by atoms with Crippen LogP contribution in [0.1, 0.15) is 26.3 Å². The minimum Gasteiger partial charge on any atom is -0.591 e. The molecule has 0 amide bonds. The van der Waals surface area contributed by atoms with Gasteiger partial charge in [0.1, 0.15) is 16.1 Å². The van der Waals surface area contributed by atoms with Crippen molar-refractivity contribution in [1.82, 2.24) is 0 Å². The Morgan fingerprint density at radius 1 is 1.54 bits per heavy atom. The van der Waals surface area contributed by atoms with Crippen molar-refractivity contribution in [2.75, 3.05) is 0 Å². The molecule has 2 nitrogen and oxygen atoms in total. The maximum atomic E-state index is 11.5. The quantitative estimate of drug-likeness (QED) is 0.552. The van der Waals surface area contributed by atoms with Crippen LogP contribution in [0.3, 0.4) is 0 Å². The van der Waals surface area contributed by atoms with Crippen LogP contribution in [0.15, 0.2) is 21.2 Å². The van der Waals surface area contributed by atoms with E-state index in [2.05, 4.69) is 4.40 Å². The molecule has 0 aliphatic rings. The van der Waals surface area contributed by atoms with E-state index in [1.807, 2.05) is 37.6 Å². The highest BCUT2D eigenvalue weighted by atomic mass is 32.2. The molecular weight excluding hydrogens is 202 g/mol. The molecular formula is C9H13NOS2. The van der Waals surface area contributed by atoms with Gasteiger partial charge < -0.3 is 4.55 Å². The molecule has 0 bridgehead atoms. The van der Waals surface area contributed by atoms with Crippen LogP contribution in [0.2, 0.25) is 0 Å². The zero-order valence-electron chi connectivity index (χ0n) is 7.98. The maximum Gasteiger partial charge on any atom is 0.144 e. The molecule has 0 saturated heterocycles. The Balaban J connectivity index is 2.59. The van der Waals surface area contributed by atoms with Crippen molar-refractivity contribution in [3.8, 4) is 0 Å². The van der Waals surface area contributed by atoms with Gasteiger partial charge in [0.15, 0.2) is 0 Å². The monoisotopic (exact) mass is 215 g/mol. The fraction of sp³-hybridized carbons (Fsp3) is 0.444. The molecule has 72 valence electrons. The predicted molar refractivity (Wildman–Crippen MR) is 59.8 cm³/mol. The van der Waals surface area contributed by atoms with Crippen molar-refractivity contribution < 1.29 is 4.55 Å². The summed E-state index contributed by atoms with van der Waals surface area (Å²) in [6.45, 7) is 5.73. The topological polar surface area (TPSA) is 35.4 Å². The first kappa shape index (κ1) is 10.8. The normalized spacial score (nSPS) is 15.1. The van der Waals surface area contributed by atoms with Crippen LogP contribution in [0, 0.1) is 0 Å². The molecule has 0 radical (unpaired) electrons. The molecule has 1 aromatic rings. The Morgan fingerprint density at radius 2 is 2.23 bits per heavy atom. The summed E-state index contributed by atoms with van der Waals surface area (Å²) < 4.78 is 15.2. The van der Waals surface area contributed by atoms with E-state index in [4.69, 9.17) is 0 Å². The first-order chi connectivity index (χ1) is 6.00. The van der Waals surface area contributed by atoms with E-state index in [1.165, 1.54) is 0 Å². The molecule has 0 N–H and O–H groups in total. The van der Waals surface area contributed by atoms with Crippen molar-refractivity contribution in [2.24, 2.45) is 4.40 Å². The third kappa shape index (κ3) is 3.50. The molecule has 1 unspecified atom stereocenters. The zero-order chi connectivity index (χ0) is 9.90. The third-order valence-electron chi connectivity index (χ3n) is 1.36. The van der Waals surface area contributed by atoms with Gasteiger partial charge in [-0.2, -0.15) is 11.3 Å². The molecule has 13 heavy (non-hydrogen) atoms. The Bertz CT molecular complexity index is 274. The molecule has 0 aliphatic carbocycles. The van der Waals surface area contributed by atoms with Crippen molar-refractivity contribution >= 4 is 28.9 Å². The van der Waals surface area contributed by atoms with Crippen LogP contribution in [0.5, 0.6) is 0 Å². The Hall–Kier alpha value is -0.320. The lowest BCUT2D eigenvalue weighted by atomic mass is 10.3. The van der Waals surface area contributed by atoms with Crippen LogP contribution in [-0.2, 0) is 11.4 Å². The number of nitrogens with zero attached hydrogens (tertiary/aromatic N) is 1. The molecule has 1 rings (SSSR count). The lowest BCUT2D eigenvalue weighted by molar-refractivity contribution is 0.562. The second kappa shape index (κ2) is 4.26. The summed E-state index contributed by atoms with van der Waals surface area (Å²) >= 11 is 0.461. The second-order valence-corrected chi connectivity index (χ2v) is 6.37. The summed E-state index contributed by atoms with van der Waals surface area (Å²) in [6, 6.07) is 1.95. The van der Waals surface area contributed by atoms with Crippen molar-refractivity contribution in [1.29, 1.82) is 0 Å². The Morgan fingerprint density at radius 3 is 2.69 bits per heavy atom. The van der Waals surface area contributed by atoms with Gasteiger partial charge in [-0.1, -0.05) is 4.40 Å². The van der Waals surface area contributed by atoms with E-state index in [0.29, 0.717) is 0 Å². The molecule has 0 aromatic carbocycles. The van der Waals surface area contributed by atoms with Gasteiger partial charge in [0.05, 0.1) is 6.21 Å². The molecule has 1 heterocycles. The molecule has 0 fully saturated rings. The van der Waals surface area contributed by atoms with E-state index in [0.717, 1.165) is 5.56 Å². The summed E-state index contributed by atoms with van der Waals surface area (Å²) in [4.78, 5) is 0. The first-order valence-corrected chi connectivity index (χ1v) is 6.03. The van der Waals surface area contributed by atoms with Crippen LogP contribution in [-0.4, -0.2) is 15.5 Å². The summed E-state index contributed by atoms with van der Waals surface area (Å²) in [5.74, 6) is 0. The second-order valence-electron chi connectivity index (χ2n) is 3.65. The smallest absolute Gasteiger partial charge is 0.144 e. The third-order valence-corrected chi connectivity index (χ3v) is 3.41. The maximum absolute atomic E-state index is 11.5. The van der Waals surface area contributed by atoms with E-state index in [-0.39, 0.29) is 4.75 Å². The molecule has 4 heteroatoms. The number of rotatable bonds is 2. The van der Waals surface area contributed by atoms with E-state index >= 15 is 0 Å². The highest BCUT2D eigenvalue weighted by Gasteiger charge is 2.25. The Labute approximate surface area is 86.0 Å². The molecule has 0 saturated carbocycles. The van der Waals surface area contributed by atoms with E-state index in [1.54, 1.807) is 17.6 Å². The van der Waals surface area contributed by atoms with Gasteiger partial charge in [-0.15, -0.1) is 0 Å². The molecule has 1 atom stereocenters. The van der Waals surface area contributed by atoms with Crippen LogP contribution >= 0.6 is 11.3 Å². The predicted octanol–water partition coefficient (Wildman–Crippen LogP) is 2.63. The number of hydrogen-bond donors (Lipinski definition) is 0. The van der Waals surface area contributed by atoms with Crippen molar-refractivity contribution in [3.05, 3.63) is 22.4 Å². The van der Waals surface area contributed by atoms with Gasteiger partial charge >= 0.3 is 0 Å². The molecule has 0 spiro atoms. The highest BCUT2D eigenvalue weighted by Crippen LogP contribution is 2.16. The van der Waals surface area contributed by atoms with Gasteiger partial charge in [-0.05, 0) is 37.6 Å². The minimum atomic E-state index is -1.15. The fourth-order valence-corrected chi connectivity index (χ4v) is 1.76. The van der Waals surface area contributed by atoms with Crippen LogP contribution in [0.25, 0.3) is 0 Å². The number of hydrogen-bond acceptors (Lipinski definition) is 3. The SMILES string of the molecule is CC(C)(C)[S+]([O-])/N=C\c1ccsc1. The van der Waals surface area contributed by atoms with Crippen LogP contribution in [0.4, 0.5) is 0 Å². The summed E-state index contributed by atoms with van der Waals surface area (Å²) in [7, 11) is 0. The molecule has 0 aliphatic heterocycles. The summed E-state index contributed by atoms with van der Waals surface area (Å²) in [5, 5.41) is 3.95.